The van der Waals surface area contributed by atoms with E-state index in [1.54, 1.807) is 13.8 Å². The van der Waals surface area contributed by atoms with Crippen LogP contribution in [0.1, 0.15) is 20.3 Å². The van der Waals surface area contributed by atoms with Crippen molar-refractivity contribution in [1.29, 1.82) is 0 Å². The summed E-state index contributed by atoms with van der Waals surface area (Å²) in [5.41, 5.74) is 2.00. The van der Waals surface area contributed by atoms with Gasteiger partial charge in [-0.25, -0.2) is 4.79 Å². The number of hydrogen-bond acceptors (Lipinski definition) is 5. The van der Waals surface area contributed by atoms with E-state index in [2.05, 4.69) is 15.5 Å². The molecule has 2 rings (SSSR count). The van der Waals surface area contributed by atoms with Gasteiger partial charge in [-0.3, -0.25) is 4.79 Å². The van der Waals surface area contributed by atoms with E-state index in [1.165, 1.54) is 11.9 Å². The molecular weight excluding hydrogens is 392 g/mol. The normalized spacial score (nSPS) is 15.0. The van der Waals surface area contributed by atoms with Crippen LogP contribution in [-0.4, -0.2) is 72.9 Å². The van der Waals surface area contributed by atoms with Crippen molar-refractivity contribution >= 4 is 40.6 Å². The Labute approximate surface area is 177 Å². The number of carbonyl (C=O) groups is 2. The van der Waals surface area contributed by atoms with E-state index >= 15 is 0 Å². The Kier molecular flexibility index (Phi) is 8.66. The van der Waals surface area contributed by atoms with Gasteiger partial charge in [-0.1, -0.05) is 13.8 Å². The molecule has 1 atom stereocenters. The Morgan fingerprint density at radius 2 is 1.86 bits per heavy atom. The second-order valence-corrected chi connectivity index (χ2v) is 7.72. The summed E-state index contributed by atoms with van der Waals surface area (Å²) in [7, 11) is 1.52. The van der Waals surface area contributed by atoms with Gasteiger partial charge in [0.2, 0.25) is 5.91 Å². The van der Waals surface area contributed by atoms with Crippen molar-refractivity contribution in [2.75, 3.05) is 50.1 Å². The summed E-state index contributed by atoms with van der Waals surface area (Å²) in [6.07, 6.45) is 0.158. The number of thiocarbonyl (C=S) groups is 1. The monoisotopic (exact) mass is 422 g/mol. The average Bonchev–Trinajstić information content (AvgIpc) is 2.68. The van der Waals surface area contributed by atoms with Gasteiger partial charge in [0.1, 0.15) is 6.04 Å². The van der Waals surface area contributed by atoms with E-state index in [1.807, 2.05) is 24.3 Å². The standard InChI is InChI=1S/C20H30N4O4S/c1-14(2)18(19(26)27)23(3)17(25)8-9-21-20(29)22-15-4-6-16(7-5-15)24-10-12-28-13-11-24/h4-7,14,18H,8-13H2,1-3H3,(H,26,27)(H2,21,22,29). The molecule has 8 nitrogen and oxygen atoms in total. The number of morpholine rings is 1. The third-order valence-corrected chi connectivity index (χ3v) is 5.07. The first-order valence-electron chi connectivity index (χ1n) is 9.75. The Morgan fingerprint density at radius 1 is 1.24 bits per heavy atom. The number of carboxylic acid groups (broad SMARTS) is 1. The Hall–Kier alpha value is -2.39. The topological polar surface area (TPSA) is 94.1 Å². The highest BCUT2D eigenvalue weighted by Gasteiger charge is 2.29. The fourth-order valence-electron chi connectivity index (χ4n) is 3.26. The van der Waals surface area contributed by atoms with Gasteiger partial charge < -0.3 is 30.3 Å². The minimum Gasteiger partial charge on any atom is -0.480 e. The Morgan fingerprint density at radius 3 is 2.41 bits per heavy atom. The molecule has 160 valence electrons. The summed E-state index contributed by atoms with van der Waals surface area (Å²) < 4.78 is 5.37. The average molecular weight is 423 g/mol. The minimum absolute atomic E-state index is 0.158. The fraction of sp³-hybridized carbons (Fsp3) is 0.550. The first-order chi connectivity index (χ1) is 13.8. The lowest BCUT2D eigenvalue weighted by Crippen LogP contribution is -2.46. The molecule has 0 radical (unpaired) electrons. The molecule has 29 heavy (non-hydrogen) atoms. The predicted molar refractivity (Wildman–Crippen MR) is 117 cm³/mol. The lowest BCUT2D eigenvalue weighted by atomic mass is 10.0. The van der Waals surface area contributed by atoms with Gasteiger partial charge in [0, 0.05) is 44.5 Å². The first kappa shape index (κ1) is 22.9. The van der Waals surface area contributed by atoms with E-state index in [-0.39, 0.29) is 18.2 Å². The molecule has 1 aromatic rings. The molecule has 0 saturated carbocycles. The Bertz CT molecular complexity index is 705. The fourth-order valence-corrected chi connectivity index (χ4v) is 3.48. The number of hydrogen-bond donors (Lipinski definition) is 3. The first-order valence-corrected chi connectivity index (χ1v) is 10.2. The van der Waals surface area contributed by atoms with Gasteiger partial charge >= 0.3 is 5.97 Å². The van der Waals surface area contributed by atoms with Crippen LogP contribution in [-0.2, 0) is 14.3 Å². The van der Waals surface area contributed by atoms with Gasteiger partial charge in [-0.15, -0.1) is 0 Å². The molecule has 3 N–H and O–H groups in total. The number of carbonyl (C=O) groups excluding carboxylic acids is 1. The van der Waals surface area contributed by atoms with Gasteiger partial charge in [-0.05, 0) is 42.4 Å². The summed E-state index contributed by atoms with van der Waals surface area (Å²) in [5, 5.41) is 15.8. The van der Waals surface area contributed by atoms with Crippen molar-refractivity contribution in [2.45, 2.75) is 26.3 Å². The van der Waals surface area contributed by atoms with Crippen molar-refractivity contribution < 1.29 is 19.4 Å². The molecule has 0 spiro atoms. The van der Waals surface area contributed by atoms with Crippen LogP contribution in [0.2, 0.25) is 0 Å². The zero-order valence-corrected chi connectivity index (χ0v) is 18.0. The Balaban J connectivity index is 1.76. The van der Waals surface area contributed by atoms with Crippen LogP contribution in [0.25, 0.3) is 0 Å². The molecule has 0 aromatic heterocycles. The van der Waals surface area contributed by atoms with Crippen LogP contribution >= 0.6 is 12.2 Å². The molecule has 1 aliphatic heterocycles. The lowest BCUT2D eigenvalue weighted by molar-refractivity contribution is -0.150. The van der Waals surface area contributed by atoms with Crippen molar-refractivity contribution in [3.63, 3.8) is 0 Å². The quantitative estimate of drug-likeness (QED) is 0.546. The highest BCUT2D eigenvalue weighted by molar-refractivity contribution is 7.80. The zero-order valence-electron chi connectivity index (χ0n) is 17.2. The summed E-state index contributed by atoms with van der Waals surface area (Å²) in [6, 6.07) is 7.15. The van der Waals surface area contributed by atoms with Crippen molar-refractivity contribution in [3.05, 3.63) is 24.3 Å². The summed E-state index contributed by atoms with van der Waals surface area (Å²) in [4.78, 5) is 27.2. The molecule has 1 unspecified atom stereocenters. The third kappa shape index (κ3) is 6.86. The van der Waals surface area contributed by atoms with E-state index in [0.717, 1.165) is 37.7 Å². The molecule has 1 aromatic carbocycles. The van der Waals surface area contributed by atoms with Crippen molar-refractivity contribution in [1.82, 2.24) is 10.2 Å². The van der Waals surface area contributed by atoms with Crippen LogP contribution in [0.4, 0.5) is 11.4 Å². The maximum atomic E-state index is 12.3. The van der Waals surface area contributed by atoms with Crippen molar-refractivity contribution in [3.8, 4) is 0 Å². The van der Waals surface area contributed by atoms with Crippen LogP contribution in [0.5, 0.6) is 0 Å². The van der Waals surface area contributed by atoms with Crippen molar-refractivity contribution in [2.24, 2.45) is 5.92 Å². The highest BCUT2D eigenvalue weighted by Crippen LogP contribution is 2.19. The van der Waals surface area contributed by atoms with E-state index in [4.69, 9.17) is 17.0 Å². The largest absolute Gasteiger partial charge is 0.480 e. The molecule has 1 fully saturated rings. The molecule has 0 bridgehead atoms. The lowest BCUT2D eigenvalue weighted by Gasteiger charge is -2.29. The van der Waals surface area contributed by atoms with E-state index in [0.29, 0.717) is 11.7 Å². The SMILES string of the molecule is CC(C)C(C(=O)O)N(C)C(=O)CCNC(=S)Nc1ccc(N2CCOCC2)cc1. The number of likely N-dealkylation sites (N-methyl/N-ethyl adjacent to an activating group) is 1. The summed E-state index contributed by atoms with van der Waals surface area (Å²) in [6.45, 7) is 7.14. The van der Waals surface area contributed by atoms with Gasteiger partial charge in [0.05, 0.1) is 13.2 Å². The van der Waals surface area contributed by atoms with E-state index < -0.39 is 12.0 Å². The minimum atomic E-state index is -0.999. The second kappa shape index (κ2) is 11.0. The number of nitrogens with one attached hydrogen (secondary N) is 2. The number of aliphatic carboxylic acids is 1. The van der Waals surface area contributed by atoms with Gasteiger partial charge in [-0.2, -0.15) is 0 Å². The van der Waals surface area contributed by atoms with Crippen LogP contribution in [0.3, 0.4) is 0 Å². The highest BCUT2D eigenvalue weighted by atomic mass is 32.1. The maximum Gasteiger partial charge on any atom is 0.326 e. The number of ether oxygens (including phenoxy) is 1. The number of amides is 1. The van der Waals surface area contributed by atoms with Crippen LogP contribution in [0.15, 0.2) is 24.3 Å². The number of anilines is 2. The molecule has 0 aliphatic carbocycles. The van der Waals surface area contributed by atoms with Crippen LogP contribution < -0.4 is 15.5 Å². The molecule has 1 saturated heterocycles. The number of nitrogens with zero attached hydrogens (tertiary/aromatic N) is 2. The van der Waals surface area contributed by atoms with Gasteiger partial charge in [0.15, 0.2) is 5.11 Å². The molecule has 1 amide bonds. The molecular formula is C20H30N4O4S. The van der Waals surface area contributed by atoms with Crippen LogP contribution in [0, 0.1) is 5.92 Å². The number of rotatable bonds is 8. The summed E-state index contributed by atoms with van der Waals surface area (Å²) >= 11 is 5.28. The maximum absolute atomic E-state index is 12.3. The number of carboxylic acids is 1. The zero-order chi connectivity index (χ0) is 21.4. The molecule has 1 aliphatic rings. The summed E-state index contributed by atoms with van der Waals surface area (Å²) in [5.74, 6) is -1.41. The number of benzene rings is 1. The van der Waals surface area contributed by atoms with E-state index in [9.17, 15) is 14.7 Å². The third-order valence-electron chi connectivity index (χ3n) is 4.82. The second-order valence-electron chi connectivity index (χ2n) is 7.31. The molecule has 1 heterocycles. The predicted octanol–water partition coefficient (Wildman–Crippen LogP) is 1.77. The van der Waals surface area contributed by atoms with Gasteiger partial charge in [0.25, 0.3) is 0 Å². The smallest absolute Gasteiger partial charge is 0.326 e. The molecule has 9 heteroatoms.